The summed E-state index contributed by atoms with van der Waals surface area (Å²) < 4.78 is 14.2. The van der Waals surface area contributed by atoms with Crippen LogP contribution in [0.5, 0.6) is 0 Å². The van der Waals surface area contributed by atoms with Crippen molar-refractivity contribution < 1.29 is 18.8 Å². The van der Waals surface area contributed by atoms with Crippen LogP contribution in [-0.4, -0.2) is 58.6 Å². The van der Waals surface area contributed by atoms with E-state index in [0.29, 0.717) is 29.1 Å². The van der Waals surface area contributed by atoms with E-state index in [-0.39, 0.29) is 29.9 Å². The van der Waals surface area contributed by atoms with Gasteiger partial charge in [0.1, 0.15) is 5.82 Å². The molecule has 0 atom stereocenters. The molecule has 6 nitrogen and oxygen atoms in total. The molecule has 0 spiro atoms. The molecular weight excluding hydrogens is 405 g/mol. The molecule has 0 radical (unpaired) electrons. The van der Waals surface area contributed by atoms with Gasteiger partial charge in [-0.3, -0.25) is 14.4 Å². The molecule has 1 fully saturated rings. The molecule has 3 aromatic rings. The summed E-state index contributed by atoms with van der Waals surface area (Å²) >= 11 is 4.36. The number of piperazine rings is 1. The number of fused-ring (bicyclic) bond motifs is 1. The molecule has 1 aliphatic heterocycles. The minimum absolute atomic E-state index is 0.0195. The number of carbonyl (C=O) groups excluding carboxylic acids is 3. The van der Waals surface area contributed by atoms with Gasteiger partial charge in [0.05, 0.1) is 11.1 Å². The Hall–Kier alpha value is -3.13. The monoisotopic (exact) mass is 425 g/mol. The topological polar surface area (TPSA) is 73.5 Å². The molecule has 0 aliphatic carbocycles. The highest BCUT2D eigenvalue weighted by Crippen LogP contribution is 2.23. The number of amides is 2. The Morgan fingerprint density at radius 3 is 2.43 bits per heavy atom. The van der Waals surface area contributed by atoms with E-state index in [1.165, 1.54) is 23.2 Å². The van der Waals surface area contributed by atoms with Crippen molar-refractivity contribution in [3.8, 4) is 0 Å². The maximum Gasteiger partial charge on any atom is 0.295 e. The summed E-state index contributed by atoms with van der Waals surface area (Å²) in [6, 6.07) is 9.88. The quantitative estimate of drug-likeness (QED) is 0.385. The normalized spacial score (nSPS) is 14.2. The van der Waals surface area contributed by atoms with Gasteiger partial charge < -0.3 is 14.8 Å². The van der Waals surface area contributed by atoms with E-state index in [9.17, 15) is 18.8 Å². The second-order valence-electron chi connectivity index (χ2n) is 7.30. The lowest BCUT2D eigenvalue weighted by atomic mass is 10.1. The lowest BCUT2D eigenvalue weighted by molar-refractivity contribution is -0.127. The smallest absolute Gasteiger partial charge is 0.295 e. The predicted molar refractivity (Wildman–Crippen MR) is 114 cm³/mol. The molecule has 1 aromatic heterocycles. The molecule has 2 heterocycles. The van der Waals surface area contributed by atoms with Crippen molar-refractivity contribution in [2.75, 3.05) is 26.2 Å². The van der Waals surface area contributed by atoms with Crippen LogP contribution in [-0.2, 0) is 4.79 Å². The van der Waals surface area contributed by atoms with Gasteiger partial charge in [-0.2, -0.15) is 0 Å². The minimum atomic E-state index is -0.762. The van der Waals surface area contributed by atoms with Gasteiger partial charge in [-0.05, 0) is 31.2 Å². The first-order valence-electron chi connectivity index (χ1n) is 9.55. The number of hydrogen-bond donors (Lipinski definition) is 2. The van der Waals surface area contributed by atoms with Crippen molar-refractivity contribution in [3.63, 3.8) is 0 Å². The zero-order valence-electron chi connectivity index (χ0n) is 16.3. The fraction of sp³-hybridized carbons (Fsp3) is 0.227. The van der Waals surface area contributed by atoms with Gasteiger partial charge in [-0.15, -0.1) is 12.6 Å². The maximum absolute atomic E-state index is 14.2. The Kier molecular flexibility index (Phi) is 5.34. The van der Waals surface area contributed by atoms with E-state index in [2.05, 4.69) is 17.6 Å². The van der Waals surface area contributed by atoms with E-state index < -0.39 is 17.5 Å². The standard InChI is InChI=1S/C22H20FN3O3S/c1-13-5-6-18(30)14(11-13)21(28)25-7-9-26(10-8-25)22(29)20(27)15-12-24-17-4-2-3-16(23)19(15)17/h2-6,11-12,24,30H,7-10H2,1H3. The van der Waals surface area contributed by atoms with Crippen molar-refractivity contribution in [3.05, 3.63) is 65.1 Å². The van der Waals surface area contributed by atoms with Crippen LogP contribution in [0.3, 0.4) is 0 Å². The second kappa shape index (κ2) is 7.95. The average Bonchev–Trinajstić information content (AvgIpc) is 3.19. The van der Waals surface area contributed by atoms with Crippen LogP contribution in [0.4, 0.5) is 4.39 Å². The number of Topliss-reactive ketones (excluding diaryl/α,β-unsaturated/α-hetero) is 1. The average molecular weight is 425 g/mol. The molecule has 154 valence electrons. The molecule has 8 heteroatoms. The Labute approximate surface area is 178 Å². The number of nitrogens with zero attached hydrogens (tertiary/aromatic N) is 2. The van der Waals surface area contributed by atoms with Gasteiger partial charge >= 0.3 is 0 Å². The highest BCUT2D eigenvalue weighted by Gasteiger charge is 2.31. The third-order valence-corrected chi connectivity index (χ3v) is 5.72. The van der Waals surface area contributed by atoms with Crippen molar-refractivity contribution in [2.45, 2.75) is 11.8 Å². The fourth-order valence-electron chi connectivity index (χ4n) is 3.68. The third-order valence-electron chi connectivity index (χ3n) is 5.33. The number of H-pyrrole nitrogens is 1. The number of ketones is 1. The Morgan fingerprint density at radius 2 is 1.70 bits per heavy atom. The fourth-order valence-corrected chi connectivity index (χ4v) is 3.92. The van der Waals surface area contributed by atoms with Crippen molar-refractivity contribution in [2.24, 2.45) is 0 Å². The van der Waals surface area contributed by atoms with Crippen molar-refractivity contribution in [1.82, 2.24) is 14.8 Å². The second-order valence-corrected chi connectivity index (χ2v) is 7.78. The van der Waals surface area contributed by atoms with Gasteiger partial charge in [-0.1, -0.05) is 17.7 Å². The van der Waals surface area contributed by atoms with E-state index in [0.717, 1.165) is 5.56 Å². The van der Waals surface area contributed by atoms with E-state index in [1.807, 2.05) is 13.0 Å². The summed E-state index contributed by atoms with van der Waals surface area (Å²) in [6.45, 7) is 2.98. The molecule has 1 aliphatic rings. The number of aryl methyl sites for hydroxylation is 1. The molecule has 4 rings (SSSR count). The molecule has 2 amide bonds. The summed E-state index contributed by atoms with van der Waals surface area (Å²) in [7, 11) is 0. The first kappa shape index (κ1) is 20.2. The predicted octanol–water partition coefficient (Wildman–Crippen LogP) is 3.07. The van der Waals surface area contributed by atoms with Crippen molar-refractivity contribution in [1.29, 1.82) is 0 Å². The van der Waals surface area contributed by atoms with E-state index >= 15 is 0 Å². The number of carbonyl (C=O) groups is 3. The number of aromatic amines is 1. The van der Waals surface area contributed by atoms with E-state index in [4.69, 9.17) is 0 Å². The van der Waals surface area contributed by atoms with Crippen LogP contribution >= 0.6 is 12.6 Å². The maximum atomic E-state index is 14.2. The van der Waals surface area contributed by atoms with Crippen LogP contribution in [0.15, 0.2) is 47.5 Å². The number of hydrogen-bond acceptors (Lipinski definition) is 4. The number of aromatic nitrogens is 1. The number of nitrogens with one attached hydrogen (secondary N) is 1. The molecule has 30 heavy (non-hydrogen) atoms. The summed E-state index contributed by atoms with van der Waals surface area (Å²) in [5, 5.41) is 0.116. The molecule has 0 unspecified atom stereocenters. The summed E-state index contributed by atoms with van der Waals surface area (Å²) in [5.74, 6) is -2.17. The van der Waals surface area contributed by atoms with Gasteiger partial charge in [-0.25, -0.2) is 4.39 Å². The molecule has 1 N–H and O–H groups in total. The molecule has 1 saturated heterocycles. The number of rotatable bonds is 3. The number of benzene rings is 2. The Morgan fingerprint density at radius 1 is 1.00 bits per heavy atom. The molecule has 2 aromatic carbocycles. The zero-order valence-corrected chi connectivity index (χ0v) is 17.2. The Bertz CT molecular complexity index is 1170. The number of halogens is 1. The van der Waals surface area contributed by atoms with Crippen LogP contribution in [0, 0.1) is 12.7 Å². The SMILES string of the molecule is Cc1ccc(S)c(C(=O)N2CCN(C(=O)C(=O)c3c[nH]c4cccc(F)c34)CC2)c1. The highest BCUT2D eigenvalue weighted by atomic mass is 32.1. The lowest BCUT2D eigenvalue weighted by Gasteiger charge is -2.34. The van der Waals surface area contributed by atoms with Gasteiger partial charge in [0, 0.05) is 48.2 Å². The number of thiol groups is 1. The van der Waals surface area contributed by atoms with Crippen LogP contribution < -0.4 is 0 Å². The first-order valence-corrected chi connectivity index (χ1v) is 9.99. The Balaban J connectivity index is 1.46. The minimum Gasteiger partial charge on any atom is -0.360 e. The molecular formula is C22H20FN3O3S. The third kappa shape index (κ3) is 3.59. The summed E-state index contributed by atoms with van der Waals surface area (Å²) in [4.78, 5) is 44.7. The van der Waals surface area contributed by atoms with Gasteiger partial charge in [0.15, 0.2) is 0 Å². The van der Waals surface area contributed by atoms with Gasteiger partial charge in [0.2, 0.25) is 0 Å². The highest BCUT2D eigenvalue weighted by molar-refractivity contribution is 7.80. The molecule has 0 bridgehead atoms. The zero-order chi connectivity index (χ0) is 21.4. The van der Waals surface area contributed by atoms with Gasteiger partial charge in [0.25, 0.3) is 17.6 Å². The molecule has 0 saturated carbocycles. The van der Waals surface area contributed by atoms with Crippen LogP contribution in [0.25, 0.3) is 10.9 Å². The van der Waals surface area contributed by atoms with Crippen molar-refractivity contribution >= 4 is 41.1 Å². The van der Waals surface area contributed by atoms with Crippen LogP contribution in [0.2, 0.25) is 0 Å². The summed E-state index contributed by atoms with van der Waals surface area (Å²) in [6.07, 6.45) is 1.36. The summed E-state index contributed by atoms with van der Waals surface area (Å²) in [5.41, 5.74) is 1.96. The largest absolute Gasteiger partial charge is 0.360 e. The van der Waals surface area contributed by atoms with Crippen LogP contribution in [0.1, 0.15) is 26.3 Å². The lowest BCUT2D eigenvalue weighted by Crippen LogP contribution is -2.52. The van der Waals surface area contributed by atoms with E-state index in [1.54, 1.807) is 23.1 Å². The first-order chi connectivity index (χ1) is 14.4.